The van der Waals surface area contributed by atoms with E-state index in [0.717, 1.165) is 23.5 Å². The molecule has 1 fully saturated rings. The van der Waals surface area contributed by atoms with E-state index in [1.807, 2.05) is 18.5 Å². The van der Waals surface area contributed by atoms with Crippen LogP contribution in [0.5, 0.6) is 0 Å². The summed E-state index contributed by atoms with van der Waals surface area (Å²) in [5.41, 5.74) is 1.81. The lowest BCUT2D eigenvalue weighted by Gasteiger charge is -2.20. The highest BCUT2D eigenvalue weighted by Crippen LogP contribution is 2.33. The number of imidazole rings is 1. The number of carbonyl (C=O) groups excluding carboxylic acids is 1. The molecular weight excluding hydrogens is 188 g/mol. The molecule has 0 amide bonds. The Bertz CT molecular complexity index is 362. The molecule has 0 atom stereocenters. The number of hydrogen-bond donors (Lipinski definition) is 0. The van der Waals surface area contributed by atoms with Gasteiger partial charge >= 0.3 is 0 Å². The summed E-state index contributed by atoms with van der Waals surface area (Å²) in [6.45, 7) is 1.96. The van der Waals surface area contributed by atoms with Crippen molar-refractivity contribution in [3.63, 3.8) is 0 Å². The van der Waals surface area contributed by atoms with Gasteiger partial charge in [-0.05, 0) is 19.8 Å². The number of carbonyl (C=O) groups is 1. The van der Waals surface area contributed by atoms with Crippen molar-refractivity contribution in [3.05, 3.63) is 17.2 Å². The zero-order valence-electron chi connectivity index (χ0n) is 9.49. The maximum atomic E-state index is 11.0. The summed E-state index contributed by atoms with van der Waals surface area (Å²) in [5.74, 6) is 1.46. The number of hydrogen-bond acceptors (Lipinski definition) is 2. The molecule has 3 nitrogen and oxygen atoms in total. The van der Waals surface area contributed by atoms with Crippen LogP contribution in [0.2, 0.25) is 0 Å². The zero-order valence-corrected chi connectivity index (χ0v) is 9.49. The van der Waals surface area contributed by atoms with Crippen LogP contribution in [0.3, 0.4) is 0 Å². The molecule has 1 aliphatic carbocycles. The van der Waals surface area contributed by atoms with Crippen LogP contribution in [0.1, 0.15) is 60.0 Å². The lowest BCUT2D eigenvalue weighted by atomic mass is 9.86. The third-order valence-electron chi connectivity index (χ3n) is 3.49. The maximum Gasteiger partial charge on any atom is 0.168 e. The molecule has 0 unspecified atom stereocenters. The lowest BCUT2D eigenvalue weighted by Crippen LogP contribution is -2.08. The molecule has 0 saturated heterocycles. The smallest absolute Gasteiger partial charge is 0.168 e. The van der Waals surface area contributed by atoms with Crippen molar-refractivity contribution >= 4 is 6.29 Å². The van der Waals surface area contributed by atoms with Gasteiger partial charge in [-0.3, -0.25) is 4.79 Å². The molecule has 1 aromatic rings. The van der Waals surface area contributed by atoms with Gasteiger partial charge in [0.15, 0.2) is 6.29 Å². The van der Waals surface area contributed by atoms with Gasteiger partial charge in [0.2, 0.25) is 0 Å². The SMILES string of the molecule is Cc1nc(C2CCCCC2)c(C=O)n1C. The highest BCUT2D eigenvalue weighted by Gasteiger charge is 2.22. The summed E-state index contributed by atoms with van der Waals surface area (Å²) < 4.78 is 1.90. The maximum absolute atomic E-state index is 11.0. The highest BCUT2D eigenvalue weighted by molar-refractivity contribution is 5.74. The van der Waals surface area contributed by atoms with Crippen LogP contribution in [0.25, 0.3) is 0 Å². The molecule has 0 aliphatic heterocycles. The third-order valence-corrected chi connectivity index (χ3v) is 3.49. The first kappa shape index (κ1) is 10.4. The molecule has 0 spiro atoms. The van der Waals surface area contributed by atoms with Crippen molar-refractivity contribution < 1.29 is 4.79 Å². The Hall–Kier alpha value is -1.12. The molecule has 15 heavy (non-hydrogen) atoms. The third kappa shape index (κ3) is 1.83. The molecule has 1 heterocycles. The first-order chi connectivity index (χ1) is 7.24. The molecule has 0 aromatic carbocycles. The van der Waals surface area contributed by atoms with E-state index >= 15 is 0 Å². The largest absolute Gasteiger partial charge is 0.329 e. The second-order valence-electron chi connectivity index (χ2n) is 4.44. The molecule has 1 saturated carbocycles. The molecule has 82 valence electrons. The van der Waals surface area contributed by atoms with Gasteiger partial charge in [-0.2, -0.15) is 0 Å². The summed E-state index contributed by atoms with van der Waals surface area (Å²) in [6, 6.07) is 0. The summed E-state index contributed by atoms with van der Waals surface area (Å²) in [6.07, 6.45) is 7.22. The molecule has 0 radical (unpaired) electrons. The van der Waals surface area contributed by atoms with Gasteiger partial charge in [-0.25, -0.2) is 4.98 Å². The monoisotopic (exact) mass is 206 g/mol. The molecule has 1 aliphatic rings. The average molecular weight is 206 g/mol. The van der Waals surface area contributed by atoms with Gasteiger partial charge in [0.05, 0.1) is 5.69 Å². The van der Waals surface area contributed by atoms with Gasteiger partial charge in [0.1, 0.15) is 11.5 Å². The van der Waals surface area contributed by atoms with E-state index in [2.05, 4.69) is 4.98 Å². The van der Waals surface area contributed by atoms with Crippen molar-refractivity contribution in [1.82, 2.24) is 9.55 Å². The number of nitrogens with zero attached hydrogens (tertiary/aromatic N) is 2. The van der Waals surface area contributed by atoms with Crippen LogP contribution >= 0.6 is 0 Å². The Labute approximate surface area is 90.5 Å². The van der Waals surface area contributed by atoms with Gasteiger partial charge in [-0.1, -0.05) is 19.3 Å². The van der Waals surface area contributed by atoms with Crippen LogP contribution in [-0.4, -0.2) is 15.8 Å². The van der Waals surface area contributed by atoms with Crippen LogP contribution < -0.4 is 0 Å². The Morgan fingerprint density at radius 2 is 2.00 bits per heavy atom. The minimum absolute atomic E-state index is 0.513. The summed E-state index contributed by atoms with van der Waals surface area (Å²) in [5, 5.41) is 0. The quantitative estimate of drug-likeness (QED) is 0.697. The Morgan fingerprint density at radius 1 is 1.33 bits per heavy atom. The Kier molecular flexibility index (Phi) is 2.89. The predicted molar refractivity (Wildman–Crippen MR) is 59.2 cm³/mol. The van der Waals surface area contributed by atoms with Gasteiger partial charge in [0.25, 0.3) is 0 Å². The molecule has 3 heteroatoms. The molecule has 1 aromatic heterocycles. The van der Waals surface area contributed by atoms with E-state index in [1.165, 1.54) is 32.1 Å². The minimum Gasteiger partial charge on any atom is -0.329 e. The summed E-state index contributed by atoms with van der Waals surface area (Å²) in [7, 11) is 1.92. The molecule has 0 bridgehead atoms. The van der Waals surface area contributed by atoms with Crippen LogP contribution in [0.4, 0.5) is 0 Å². The summed E-state index contributed by atoms with van der Waals surface area (Å²) >= 11 is 0. The van der Waals surface area contributed by atoms with Crippen LogP contribution in [0.15, 0.2) is 0 Å². The number of aldehydes is 1. The van der Waals surface area contributed by atoms with E-state index in [0.29, 0.717) is 5.92 Å². The topological polar surface area (TPSA) is 34.9 Å². The normalized spacial score (nSPS) is 18.0. The van der Waals surface area contributed by atoms with E-state index in [9.17, 15) is 4.79 Å². The lowest BCUT2D eigenvalue weighted by molar-refractivity contribution is 0.111. The highest BCUT2D eigenvalue weighted by atomic mass is 16.1. The Balaban J connectivity index is 2.33. The second kappa shape index (κ2) is 4.17. The molecule has 2 rings (SSSR count). The van der Waals surface area contributed by atoms with E-state index < -0.39 is 0 Å². The number of aryl methyl sites for hydroxylation is 1. The van der Waals surface area contributed by atoms with E-state index in [1.54, 1.807) is 0 Å². The van der Waals surface area contributed by atoms with E-state index in [4.69, 9.17) is 0 Å². The fourth-order valence-electron chi connectivity index (χ4n) is 2.47. The van der Waals surface area contributed by atoms with Crippen molar-refractivity contribution in [2.24, 2.45) is 7.05 Å². The fourth-order valence-corrected chi connectivity index (χ4v) is 2.47. The zero-order chi connectivity index (χ0) is 10.8. The van der Waals surface area contributed by atoms with Crippen LogP contribution in [-0.2, 0) is 7.05 Å². The molecule has 0 N–H and O–H groups in total. The van der Waals surface area contributed by atoms with Crippen molar-refractivity contribution in [1.29, 1.82) is 0 Å². The second-order valence-corrected chi connectivity index (χ2v) is 4.44. The minimum atomic E-state index is 0.513. The molecular formula is C12H18N2O. The fraction of sp³-hybridized carbons (Fsp3) is 0.667. The van der Waals surface area contributed by atoms with Crippen molar-refractivity contribution in [2.75, 3.05) is 0 Å². The standard InChI is InChI=1S/C12H18N2O/c1-9-13-12(11(8-15)14(9)2)10-6-4-3-5-7-10/h8,10H,3-7H2,1-2H3. The summed E-state index contributed by atoms with van der Waals surface area (Å²) in [4.78, 5) is 15.6. The van der Waals surface area contributed by atoms with Crippen molar-refractivity contribution in [3.8, 4) is 0 Å². The van der Waals surface area contributed by atoms with Gasteiger partial charge < -0.3 is 4.57 Å². The van der Waals surface area contributed by atoms with Crippen LogP contribution in [0, 0.1) is 6.92 Å². The predicted octanol–water partition coefficient (Wildman–Crippen LogP) is 2.59. The van der Waals surface area contributed by atoms with E-state index in [-0.39, 0.29) is 0 Å². The number of rotatable bonds is 2. The average Bonchev–Trinajstić information content (AvgIpc) is 2.56. The first-order valence-corrected chi connectivity index (χ1v) is 5.72. The number of aromatic nitrogens is 2. The van der Waals surface area contributed by atoms with Crippen molar-refractivity contribution in [2.45, 2.75) is 44.9 Å². The Morgan fingerprint density at radius 3 is 2.60 bits per heavy atom. The van der Waals surface area contributed by atoms with Gasteiger partial charge in [-0.15, -0.1) is 0 Å². The first-order valence-electron chi connectivity index (χ1n) is 5.72. The van der Waals surface area contributed by atoms with Gasteiger partial charge in [0, 0.05) is 13.0 Å².